The van der Waals surface area contributed by atoms with E-state index in [1.165, 1.54) is 0 Å². The molecule has 4 rings (SSSR count). The number of fused-ring (bicyclic) bond motifs is 3. The molecule has 0 aliphatic heterocycles. The van der Waals surface area contributed by atoms with E-state index in [0.717, 1.165) is 16.0 Å². The van der Waals surface area contributed by atoms with Crippen LogP contribution in [0.3, 0.4) is 0 Å². The predicted octanol–water partition coefficient (Wildman–Crippen LogP) is 4.16. The highest BCUT2D eigenvalue weighted by atomic mass is 28.3. The molecule has 0 heterocycles. The Hall–Kier alpha value is -2.52. The van der Waals surface area contributed by atoms with Gasteiger partial charge in [-0.1, -0.05) is 62.1 Å². The highest BCUT2D eigenvalue weighted by Gasteiger charge is 2.34. The van der Waals surface area contributed by atoms with Gasteiger partial charge in [0.2, 0.25) is 0 Å². The first-order valence-electron chi connectivity index (χ1n) is 8.13. The topological polar surface area (TPSA) is 34.1 Å². The number of hydrogen-bond donors (Lipinski definition) is 0. The van der Waals surface area contributed by atoms with Gasteiger partial charge < -0.3 is 0 Å². The fourth-order valence-corrected chi connectivity index (χ4v) is 5.10. The van der Waals surface area contributed by atoms with Crippen molar-refractivity contribution in [1.29, 1.82) is 0 Å². The fraction of sp³-hybridized carbons (Fsp3) is 0.143. The standard InChI is InChI=1S/C21H18O2Si/c1-24(2,3)18-10-6-9-15-19(18)21(23)17-12-14-8-5-4-7-13(14)11-16(17)20(15)22/h4-12H,1-3H3. The fourth-order valence-electron chi connectivity index (χ4n) is 3.51. The minimum atomic E-state index is -1.73. The molecular formula is C21H18O2Si. The molecule has 0 aromatic heterocycles. The van der Waals surface area contributed by atoms with Crippen LogP contribution in [0.2, 0.25) is 19.6 Å². The Bertz CT molecular complexity index is 1030. The van der Waals surface area contributed by atoms with Crippen molar-refractivity contribution >= 4 is 35.6 Å². The van der Waals surface area contributed by atoms with Crippen LogP contribution >= 0.6 is 0 Å². The molecule has 2 nitrogen and oxygen atoms in total. The number of rotatable bonds is 1. The molecule has 0 radical (unpaired) electrons. The monoisotopic (exact) mass is 330 g/mol. The van der Waals surface area contributed by atoms with E-state index in [4.69, 9.17) is 0 Å². The van der Waals surface area contributed by atoms with Crippen LogP contribution in [0.15, 0.2) is 54.6 Å². The van der Waals surface area contributed by atoms with Crippen molar-refractivity contribution in [2.45, 2.75) is 19.6 Å². The maximum Gasteiger partial charge on any atom is 0.194 e. The highest BCUT2D eigenvalue weighted by Crippen LogP contribution is 2.30. The van der Waals surface area contributed by atoms with Gasteiger partial charge >= 0.3 is 0 Å². The molecule has 3 heteroatoms. The van der Waals surface area contributed by atoms with Crippen LogP contribution in [0, 0.1) is 0 Å². The Labute approximate surface area is 142 Å². The van der Waals surface area contributed by atoms with E-state index >= 15 is 0 Å². The zero-order valence-corrected chi connectivity index (χ0v) is 15.0. The third kappa shape index (κ3) is 2.08. The second kappa shape index (κ2) is 4.98. The number of hydrogen-bond acceptors (Lipinski definition) is 2. The minimum Gasteiger partial charge on any atom is -0.289 e. The molecule has 24 heavy (non-hydrogen) atoms. The number of carbonyl (C=O) groups is 2. The van der Waals surface area contributed by atoms with Gasteiger partial charge in [0.1, 0.15) is 0 Å². The van der Waals surface area contributed by atoms with Crippen molar-refractivity contribution in [1.82, 2.24) is 0 Å². The van der Waals surface area contributed by atoms with E-state index in [0.29, 0.717) is 22.3 Å². The molecule has 3 aromatic rings. The molecule has 0 spiro atoms. The normalized spacial score (nSPS) is 13.8. The lowest BCUT2D eigenvalue weighted by molar-refractivity contribution is 0.0980. The molecule has 0 unspecified atom stereocenters. The van der Waals surface area contributed by atoms with Gasteiger partial charge in [-0.3, -0.25) is 9.59 Å². The highest BCUT2D eigenvalue weighted by molar-refractivity contribution is 6.89. The summed E-state index contributed by atoms with van der Waals surface area (Å²) in [6.07, 6.45) is 0. The van der Waals surface area contributed by atoms with E-state index in [2.05, 4.69) is 19.6 Å². The molecule has 0 saturated carbocycles. The second-order valence-corrected chi connectivity index (χ2v) is 12.4. The van der Waals surface area contributed by atoms with Crippen LogP contribution < -0.4 is 5.19 Å². The summed E-state index contributed by atoms with van der Waals surface area (Å²) in [6, 6.07) is 17.3. The van der Waals surface area contributed by atoms with Gasteiger partial charge in [0, 0.05) is 22.3 Å². The lowest BCUT2D eigenvalue weighted by Crippen LogP contribution is -2.43. The zero-order valence-electron chi connectivity index (χ0n) is 14.0. The molecule has 0 amide bonds. The lowest BCUT2D eigenvalue weighted by atomic mass is 9.83. The van der Waals surface area contributed by atoms with Crippen LogP contribution in [0.4, 0.5) is 0 Å². The van der Waals surface area contributed by atoms with E-state index in [-0.39, 0.29) is 11.6 Å². The van der Waals surface area contributed by atoms with Gasteiger partial charge in [-0.2, -0.15) is 0 Å². The maximum atomic E-state index is 13.2. The van der Waals surface area contributed by atoms with Gasteiger partial charge in [0.05, 0.1) is 8.07 Å². The molecule has 0 fully saturated rings. The largest absolute Gasteiger partial charge is 0.289 e. The Morgan fingerprint density at radius 2 is 1.25 bits per heavy atom. The molecule has 1 aliphatic rings. The Morgan fingerprint density at radius 1 is 0.667 bits per heavy atom. The lowest BCUT2D eigenvalue weighted by Gasteiger charge is -2.26. The molecule has 0 bridgehead atoms. The second-order valence-electron chi connectivity index (χ2n) is 7.38. The van der Waals surface area contributed by atoms with Gasteiger partial charge in [-0.25, -0.2) is 0 Å². The van der Waals surface area contributed by atoms with Gasteiger partial charge in [-0.15, -0.1) is 0 Å². The van der Waals surface area contributed by atoms with Crippen molar-refractivity contribution in [3.63, 3.8) is 0 Å². The Morgan fingerprint density at radius 3 is 1.83 bits per heavy atom. The average molecular weight is 330 g/mol. The van der Waals surface area contributed by atoms with Crippen LogP contribution in [0.5, 0.6) is 0 Å². The summed E-state index contributed by atoms with van der Waals surface area (Å²) in [7, 11) is -1.73. The van der Waals surface area contributed by atoms with E-state index in [1.807, 2.05) is 48.5 Å². The third-order valence-corrected chi connectivity index (χ3v) is 6.75. The molecular weight excluding hydrogens is 312 g/mol. The Kier molecular flexibility index (Phi) is 3.12. The van der Waals surface area contributed by atoms with Crippen molar-refractivity contribution in [3.8, 4) is 0 Å². The van der Waals surface area contributed by atoms with Gasteiger partial charge in [0.25, 0.3) is 0 Å². The van der Waals surface area contributed by atoms with Crippen LogP contribution in [-0.4, -0.2) is 19.6 Å². The molecule has 0 saturated heterocycles. The summed E-state index contributed by atoms with van der Waals surface area (Å²) in [4.78, 5) is 26.3. The van der Waals surface area contributed by atoms with Crippen molar-refractivity contribution in [3.05, 3.63) is 76.9 Å². The number of benzene rings is 3. The third-order valence-electron chi connectivity index (χ3n) is 4.72. The van der Waals surface area contributed by atoms with Gasteiger partial charge in [-0.05, 0) is 28.1 Å². The number of carbonyl (C=O) groups excluding carboxylic acids is 2. The van der Waals surface area contributed by atoms with Gasteiger partial charge in [0.15, 0.2) is 11.6 Å². The zero-order chi connectivity index (χ0) is 17.1. The van der Waals surface area contributed by atoms with Crippen LogP contribution in [0.1, 0.15) is 31.8 Å². The van der Waals surface area contributed by atoms with E-state index in [9.17, 15) is 9.59 Å². The molecule has 3 aromatic carbocycles. The predicted molar refractivity (Wildman–Crippen MR) is 100 cm³/mol. The molecule has 0 atom stereocenters. The summed E-state index contributed by atoms with van der Waals surface area (Å²) in [6.45, 7) is 6.61. The smallest absolute Gasteiger partial charge is 0.194 e. The average Bonchev–Trinajstić information content (AvgIpc) is 2.57. The number of ketones is 2. The summed E-state index contributed by atoms with van der Waals surface area (Å²) < 4.78 is 0. The van der Waals surface area contributed by atoms with Crippen LogP contribution in [0.25, 0.3) is 10.8 Å². The first-order chi connectivity index (χ1) is 11.4. The molecule has 0 N–H and O–H groups in total. The van der Waals surface area contributed by atoms with Crippen molar-refractivity contribution in [2.24, 2.45) is 0 Å². The Balaban J connectivity index is 2.05. The van der Waals surface area contributed by atoms with Crippen LogP contribution in [-0.2, 0) is 0 Å². The summed E-state index contributed by atoms with van der Waals surface area (Å²) in [5, 5.41) is 3.05. The van der Waals surface area contributed by atoms with E-state index in [1.54, 1.807) is 6.07 Å². The van der Waals surface area contributed by atoms with Crippen molar-refractivity contribution < 1.29 is 9.59 Å². The van der Waals surface area contributed by atoms with E-state index < -0.39 is 8.07 Å². The first kappa shape index (κ1) is 15.0. The molecule has 118 valence electrons. The van der Waals surface area contributed by atoms with Crippen molar-refractivity contribution in [2.75, 3.05) is 0 Å². The summed E-state index contributed by atoms with van der Waals surface area (Å²) >= 11 is 0. The quantitative estimate of drug-likeness (QED) is 0.491. The maximum absolute atomic E-state index is 13.2. The summed E-state index contributed by atoms with van der Waals surface area (Å²) in [5.74, 6) is -0.0474. The molecule has 1 aliphatic carbocycles. The SMILES string of the molecule is C[Si](C)(C)c1cccc2c1C(=O)c1cc3ccccc3cc1C2=O. The first-order valence-corrected chi connectivity index (χ1v) is 11.6. The minimum absolute atomic E-state index is 0.0108. The summed E-state index contributed by atoms with van der Waals surface area (Å²) in [5.41, 5.74) is 2.25.